The number of anilines is 1. The smallest absolute Gasteiger partial charge is 0.279 e. The fourth-order valence-corrected chi connectivity index (χ4v) is 4.73. The van der Waals surface area contributed by atoms with Gasteiger partial charge < -0.3 is 9.47 Å². The summed E-state index contributed by atoms with van der Waals surface area (Å²) in [5.74, 6) is 1.80. The lowest BCUT2D eigenvalue weighted by Crippen LogP contribution is -2.17. The van der Waals surface area contributed by atoms with Crippen LogP contribution in [0.4, 0.5) is 5.69 Å². The van der Waals surface area contributed by atoms with Crippen molar-refractivity contribution in [1.29, 1.82) is 0 Å². The predicted octanol–water partition coefficient (Wildman–Crippen LogP) is 3.16. The minimum Gasteiger partial charge on any atom is -0.493 e. The van der Waals surface area contributed by atoms with Crippen molar-refractivity contribution in [3.8, 4) is 17.2 Å². The van der Waals surface area contributed by atoms with Crippen molar-refractivity contribution in [3.63, 3.8) is 0 Å². The van der Waals surface area contributed by atoms with Crippen LogP contribution >= 0.6 is 0 Å². The fourth-order valence-electron chi connectivity index (χ4n) is 3.50. The molecule has 2 aromatic carbocycles. The van der Waals surface area contributed by atoms with Crippen LogP contribution in [0.3, 0.4) is 0 Å². The molecule has 1 aliphatic heterocycles. The molecule has 0 spiro atoms. The van der Waals surface area contributed by atoms with Gasteiger partial charge in [0.1, 0.15) is 5.82 Å². The standard InChI is InChI=1S/C20H21N3O4S/c1-4-13-7-5-6-8-15(13)22-28(24,25)20-12-21-19-10-14-9-17(26-2)18(27-3)11-16(14)23(19)20/h5-9,11-12,22H,4,10H2,1-3H3. The zero-order valence-electron chi connectivity index (χ0n) is 15.9. The molecule has 1 aliphatic rings. The van der Waals surface area contributed by atoms with E-state index in [1.54, 1.807) is 30.9 Å². The van der Waals surface area contributed by atoms with Crippen molar-refractivity contribution < 1.29 is 17.9 Å². The molecule has 28 heavy (non-hydrogen) atoms. The highest BCUT2D eigenvalue weighted by Gasteiger charge is 2.30. The molecule has 1 N–H and O–H groups in total. The maximum absolute atomic E-state index is 13.2. The van der Waals surface area contributed by atoms with Crippen LogP contribution in [0, 0.1) is 0 Å². The summed E-state index contributed by atoms with van der Waals surface area (Å²) in [4.78, 5) is 4.34. The normalized spacial score (nSPS) is 12.4. The van der Waals surface area contributed by atoms with E-state index in [1.165, 1.54) is 6.20 Å². The number of benzene rings is 2. The number of fused-ring (bicyclic) bond motifs is 3. The van der Waals surface area contributed by atoms with Gasteiger partial charge in [0.15, 0.2) is 16.5 Å². The van der Waals surface area contributed by atoms with E-state index in [9.17, 15) is 8.42 Å². The Labute approximate surface area is 164 Å². The summed E-state index contributed by atoms with van der Waals surface area (Å²) in [5.41, 5.74) is 3.17. The number of nitrogens with one attached hydrogen (secondary N) is 1. The number of hydrogen-bond acceptors (Lipinski definition) is 5. The van der Waals surface area contributed by atoms with Crippen molar-refractivity contribution in [2.75, 3.05) is 18.9 Å². The Morgan fingerprint density at radius 2 is 1.86 bits per heavy atom. The van der Waals surface area contributed by atoms with Crippen molar-refractivity contribution in [2.24, 2.45) is 0 Å². The molecule has 0 radical (unpaired) electrons. The maximum atomic E-state index is 13.2. The highest BCUT2D eigenvalue weighted by molar-refractivity contribution is 7.92. The quantitative estimate of drug-likeness (QED) is 0.539. The minimum absolute atomic E-state index is 0.0966. The lowest BCUT2D eigenvalue weighted by molar-refractivity contribution is 0.354. The first-order valence-corrected chi connectivity index (χ1v) is 10.4. The molecule has 1 aromatic heterocycles. The molecule has 7 nitrogen and oxygen atoms in total. The largest absolute Gasteiger partial charge is 0.493 e. The van der Waals surface area contributed by atoms with Gasteiger partial charge in [0.05, 0.1) is 31.8 Å². The first-order valence-electron chi connectivity index (χ1n) is 8.91. The van der Waals surface area contributed by atoms with E-state index in [2.05, 4.69) is 9.71 Å². The summed E-state index contributed by atoms with van der Waals surface area (Å²) in [6.07, 6.45) is 2.64. The number of methoxy groups -OCH3 is 2. The SMILES string of the molecule is CCc1ccccc1NS(=O)(=O)c1cnc2n1-c1cc(OC)c(OC)cc1C2. The predicted molar refractivity (Wildman–Crippen MR) is 106 cm³/mol. The van der Waals surface area contributed by atoms with Gasteiger partial charge in [-0.3, -0.25) is 9.29 Å². The minimum atomic E-state index is -3.83. The Bertz CT molecular complexity index is 1150. The van der Waals surface area contributed by atoms with Crippen LogP contribution in [0.25, 0.3) is 5.69 Å². The molecule has 3 aromatic rings. The Morgan fingerprint density at radius 1 is 1.14 bits per heavy atom. The molecule has 0 amide bonds. The van der Waals surface area contributed by atoms with E-state index in [0.717, 1.165) is 23.2 Å². The molecule has 0 fully saturated rings. The second-order valence-electron chi connectivity index (χ2n) is 6.48. The zero-order chi connectivity index (χ0) is 19.9. The summed E-state index contributed by atoms with van der Waals surface area (Å²) in [7, 11) is -0.705. The monoisotopic (exact) mass is 399 g/mol. The topological polar surface area (TPSA) is 82.5 Å². The molecule has 0 atom stereocenters. The Kier molecular flexibility index (Phi) is 4.50. The van der Waals surface area contributed by atoms with Gasteiger partial charge in [0.25, 0.3) is 10.0 Å². The van der Waals surface area contributed by atoms with Crippen molar-refractivity contribution >= 4 is 15.7 Å². The van der Waals surface area contributed by atoms with Crippen LogP contribution < -0.4 is 14.2 Å². The first-order chi connectivity index (χ1) is 13.5. The van der Waals surface area contributed by atoms with Gasteiger partial charge in [-0.25, -0.2) is 4.98 Å². The van der Waals surface area contributed by atoms with Crippen LogP contribution in [0.5, 0.6) is 11.5 Å². The molecule has 4 rings (SSSR count). The van der Waals surface area contributed by atoms with Gasteiger partial charge in [-0.2, -0.15) is 8.42 Å². The number of sulfonamides is 1. The van der Waals surface area contributed by atoms with Crippen LogP contribution in [0.15, 0.2) is 47.6 Å². The number of imidazole rings is 1. The van der Waals surface area contributed by atoms with Crippen LogP contribution in [-0.2, 0) is 22.9 Å². The molecule has 146 valence electrons. The van der Waals surface area contributed by atoms with Gasteiger partial charge in [-0.15, -0.1) is 0 Å². The fraction of sp³-hybridized carbons (Fsp3) is 0.250. The van der Waals surface area contributed by atoms with E-state index < -0.39 is 10.0 Å². The molecule has 0 aliphatic carbocycles. The number of aryl methyl sites for hydroxylation is 1. The van der Waals surface area contributed by atoms with Crippen LogP contribution in [-0.4, -0.2) is 32.2 Å². The summed E-state index contributed by atoms with van der Waals surface area (Å²) in [6, 6.07) is 11.0. The highest BCUT2D eigenvalue weighted by Crippen LogP contribution is 2.39. The van der Waals surface area contributed by atoms with Gasteiger partial charge in [0.2, 0.25) is 0 Å². The van der Waals surface area contributed by atoms with E-state index >= 15 is 0 Å². The molecule has 0 bridgehead atoms. The zero-order valence-corrected chi connectivity index (χ0v) is 16.7. The first kappa shape index (κ1) is 18.4. The van der Waals surface area contributed by atoms with Gasteiger partial charge in [-0.1, -0.05) is 25.1 Å². The second-order valence-corrected chi connectivity index (χ2v) is 8.11. The summed E-state index contributed by atoms with van der Waals surface area (Å²) < 4.78 is 41.4. The van der Waals surface area contributed by atoms with Crippen LogP contribution in [0.2, 0.25) is 0 Å². The number of nitrogens with zero attached hydrogens (tertiary/aromatic N) is 2. The lowest BCUT2D eigenvalue weighted by atomic mass is 10.1. The molecule has 0 unspecified atom stereocenters. The third-order valence-corrected chi connectivity index (χ3v) is 6.22. The van der Waals surface area contributed by atoms with Crippen LogP contribution in [0.1, 0.15) is 23.9 Å². The van der Waals surface area contributed by atoms with E-state index in [4.69, 9.17) is 9.47 Å². The molecular weight excluding hydrogens is 378 g/mol. The van der Waals surface area contributed by atoms with Crippen molar-refractivity contribution in [3.05, 3.63) is 59.5 Å². The maximum Gasteiger partial charge on any atom is 0.279 e. The average molecular weight is 399 g/mol. The van der Waals surface area contributed by atoms with Crippen molar-refractivity contribution in [2.45, 2.75) is 24.8 Å². The van der Waals surface area contributed by atoms with Gasteiger partial charge in [-0.05, 0) is 29.7 Å². The number of hydrogen-bond donors (Lipinski definition) is 1. The van der Waals surface area contributed by atoms with Crippen molar-refractivity contribution in [1.82, 2.24) is 9.55 Å². The number of aromatic nitrogens is 2. The number of para-hydroxylation sites is 1. The number of rotatable bonds is 6. The third kappa shape index (κ3) is 2.90. The molecule has 0 saturated carbocycles. The number of ether oxygens (including phenoxy) is 2. The Morgan fingerprint density at radius 3 is 2.57 bits per heavy atom. The average Bonchev–Trinajstić information content (AvgIpc) is 3.26. The van der Waals surface area contributed by atoms with E-state index in [0.29, 0.717) is 29.4 Å². The summed E-state index contributed by atoms with van der Waals surface area (Å²) in [5, 5.41) is 0.0966. The second kappa shape index (κ2) is 6.87. The summed E-state index contributed by atoms with van der Waals surface area (Å²) >= 11 is 0. The molecule has 8 heteroatoms. The third-order valence-electron chi connectivity index (χ3n) is 4.89. The Balaban J connectivity index is 1.79. The van der Waals surface area contributed by atoms with Gasteiger partial charge in [0, 0.05) is 12.5 Å². The van der Waals surface area contributed by atoms with E-state index in [-0.39, 0.29) is 5.03 Å². The highest BCUT2D eigenvalue weighted by atomic mass is 32.2. The molecule has 0 saturated heterocycles. The molecular formula is C20H21N3O4S. The molecule has 2 heterocycles. The van der Waals surface area contributed by atoms with E-state index in [1.807, 2.05) is 31.2 Å². The lowest BCUT2D eigenvalue weighted by Gasteiger charge is -2.14. The summed E-state index contributed by atoms with van der Waals surface area (Å²) in [6.45, 7) is 1.99. The van der Waals surface area contributed by atoms with Gasteiger partial charge >= 0.3 is 0 Å². The Hall–Kier alpha value is -3.00.